The zero-order chi connectivity index (χ0) is 8.27. The summed E-state index contributed by atoms with van der Waals surface area (Å²) in [5.74, 6) is 0.0106. The van der Waals surface area contributed by atoms with Crippen LogP contribution >= 0.6 is 0 Å². The fourth-order valence-corrected chi connectivity index (χ4v) is 0.591. The molecule has 1 aromatic rings. The Bertz CT molecular complexity index is 257. The van der Waals surface area contributed by atoms with Crippen LogP contribution in [-0.4, -0.2) is 16.1 Å². The fraction of sp³-hybridized carbons (Fsp3) is 0.400. The van der Waals surface area contributed by atoms with E-state index >= 15 is 0 Å². The van der Waals surface area contributed by atoms with Gasteiger partial charge >= 0.3 is 0 Å². The van der Waals surface area contributed by atoms with Crippen LogP contribution in [0.4, 0.5) is 0 Å². The minimum atomic E-state index is -0.503. The third kappa shape index (κ3) is 2.01. The van der Waals surface area contributed by atoms with Gasteiger partial charge in [0.05, 0.1) is 6.54 Å². The van der Waals surface area contributed by atoms with Crippen molar-refractivity contribution in [2.24, 2.45) is 11.5 Å². The summed E-state index contributed by atoms with van der Waals surface area (Å²) in [4.78, 5) is 10.3. The number of rotatable bonds is 3. The molecule has 0 bridgehead atoms. The molecule has 0 saturated heterocycles. The van der Waals surface area contributed by atoms with Crippen molar-refractivity contribution in [1.82, 2.24) is 10.2 Å². The molecule has 0 aliphatic rings. The van der Waals surface area contributed by atoms with Crippen molar-refractivity contribution in [3.05, 3.63) is 11.8 Å². The molecule has 4 N–H and O–H groups in total. The Labute approximate surface area is 62.6 Å². The van der Waals surface area contributed by atoms with Crippen molar-refractivity contribution < 1.29 is 9.21 Å². The second-order valence-electron chi connectivity index (χ2n) is 1.94. The van der Waals surface area contributed by atoms with Gasteiger partial charge in [-0.3, -0.25) is 4.79 Å². The topological polar surface area (TPSA) is 108 Å². The molecule has 11 heavy (non-hydrogen) atoms. The molecule has 60 valence electrons. The van der Waals surface area contributed by atoms with Gasteiger partial charge in [0.1, 0.15) is 6.42 Å². The average Bonchev–Trinajstić information content (AvgIpc) is 2.34. The molecule has 0 spiro atoms. The first-order valence-electron chi connectivity index (χ1n) is 3.02. The molecule has 0 unspecified atom stereocenters. The molecule has 1 amide bonds. The van der Waals surface area contributed by atoms with Gasteiger partial charge in [0.25, 0.3) is 0 Å². The highest BCUT2D eigenvalue weighted by Gasteiger charge is 2.06. The highest BCUT2D eigenvalue weighted by Crippen LogP contribution is 1.98. The van der Waals surface area contributed by atoms with Crippen LogP contribution in [0.3, 0.4) is 0 Å². The Kier molecular flexibility index (Phi) is 2.17. The van der Waals surface area contributed by atoms with E-state index in [2.05, 4.69) is 10.2 Å². The van der Waals surface area contributed by atoms with Crippen LogP contribution in [0.5, 0.6) is 0 Å². The lowest BCUT2D eigenvalue weighted by Crippen LogP contribution is -2.13. The van der Waals surface area contributed by atoms with Crippen molar-refractivity contribution in [2.75, 3.05) is 0 Å². The summed E-state index contributed by atoms with van der Waals surface area (Å²) in [5.41, 5.74) is 10.1. The van der Waals surface area contributed by atoms with Gasteiger partial charge in [-0.15, -0.1) is 10.2 Å². The van der Waals surface area contributed by atoms with E-state index in [9.17, 15) is 4.79 Å². The van der Waals surface area contributed by atoms with Crippen molar-refractivity contribution in [1.29, 1.82) is 0 Å². The second-order valence-corrected chi connectivity index (χ2v) is 1.94. The van der Waals surface area contributed by atoms with Crippen LogP contribution in [0, 0.1) is 0 Å². The summed E-state index contributed by atoms with van der Waals surface area (Å²) in [6, 6.07) is 0. The first kappa shape index (κ1) is 7.67. The number of nitrogens with zero attached hydrogens (tertiary/aromatic N) is 2. The van der Waals surface area contributed by atoms with E-state index in [1.165, 1.54) is 0 Å². The lowest BCUT2D eigenvalue weighted by Gasteiger charge is -1.85. The van der Waals surface area contributed by atoms with E-state index in [-0.39, 0.29) is 18.9 Å². The zero-order valence-corrected chi connectivity index (χ0v) is 5.78. The van der Waals surface area contributed by atoms with E-state index in [1.54, 1.807) is 0 Å². The van der Waals surface area contributed by atoms with Crippen LogP contribution in [-0.2, 0) is 17.8 Å². The van der Waals surface area contributed by atoms with Gasteiger partial charge in [-0.1, -0.05) is 0 Å². The third-order valence-electron chi connectivity index (χ3n) is 1.01. The van der Waals surface area contributed by atoms with Gasteiger partial charge in [-0.2, -0.15) is 0 Å². The summed E-state index contributed by atoms with van der Waals surface area (Å²) in [7, 11) is 0. The summed E-state index contributed by atoms with van der Waals surface area (Å²) in [5, 5.41) is 7.07. The second kappa shape index (κ2) is 3.11. The Morgan fingerprint density at radius 2 is 2.09 bits per heavy atom. The maximum Gasteiger partial charge on any atom is 0.230 e. The van der Waals surface area contributed by atoms with Crippen LogP contribution in [0.15, 0.2) is 4.42 Å². The molecule has 6 heteroatoms. The van der Waals surface area contributed by atoms with E-state index in [0.29, 0.717) is 5.89 Å². The minimum Gasteiger partial charge on any atom is -0.423 e. The SMILES string of the molecule is NCc1nnc(CC(N)=O)o1. The number of hydrogen-bond donors (Lipinski definition) is 2. The molecule has 6 nitrogen and oxygen atoms in total. The van der Waals surface area contributed by atoms with Crippen molar-refractivity contribution >= 4 is 5.91 Å². The van der Waals surface area contributed by atoms with Gasteiger partial charge in [-0.25, -0.2) is 0 Å². The Morgan fingerprint density at radius 3 is 2.55 bits per heavy atom. The van der Waals surface area contributed by atoms with E-state index in [0.717, 1.165) is 0 Å². The number of hydrogen-bond acceptors (Lipinski definition) is 5. The van der Waals surface area contributed by atoms with Crippen LogP contribution in [0.2, 0.25) is 0 Å². The molecular weight excluding hydrogens is 148 g/mol. The van der Waals surface area contributed by atoms with Gasteiger partial charge in [0.15, 0.2) is 0 Å². The monoisotopic (exact) mass is 156 g/mol. The standard InChI is InChI=1S/C5H8N4O2/c6-2-5-9-8-4(11-5)1-3(7)10/h1-2,6H2,(H2,7,10). The normalized spacial score (nSPS) is 9.91. The molecular formula is C5H8N4O2. The fourth-order valence-electron chi connectivity index (χ4n) is 0.591. The quantitative estimate of drug-likeness (QED) is 0.556. The molecule has 0 atom stereocenters. The van der Waals surface area contributed by atoms with E-state index in [1.807, 2.05) is 0 Å². The Morgan fingerprint density at radius 1 is 1.45 bits per heavy atom. The first-order valence-corrected chi connectivity index (χ1v) is 3.02. The van der Waals surface area contributed by atoms with Crippen molar-refractivity contribution in [3.8, 4) is 0 Å². The molecule has 0 radical (unpaired) electrons. The van der Waals surface area contributed by atoms with Gasteiger partial charge < -0.3 is 15.9 Å². The number of aromatic nitrogens is 2. The largest absolute Gasteiger partial charge is 0.423 e. The Hall–Kier alpha value is -1.43. The summed E-state index contributed by atoms with van der Waals surface area (Å²) in [6.45, 7) is 0.172. The van der Waals surface area contributed by atoms with Crippen LogP contribution in [0.25, 0.3) is 0 Å². The van der Waals surface area contributed by atoms with E-state index < -0.39 is 5.91 Å². The lowest BCUT2D eigenvalue weighted by molar-refractivity contribution is -0.117. The molecule has 0 aliphatic heterocycles. The highest BCUT2D eigenvalue weighted by atomic mass is 16.4. The minimum absolute atomic E-state index is 0.0347. The molecule has 1 rings (SSSR count). The number of carbonyl (C=O) groups excluding carboxylic acids is 1. The molecule has 0 saturated carbocycles. The molecule has 0 fully saturated rings. The smallest absolute Gasteiger partial charge is 0.230 e. The van der Waals surface area contributed by atoms with Gasteiger partial charge in [0, 0.05) is 0 Å². The third-order valence-corrected chi connectivity index (χ3v) is 1.01. The predicted molar refractivity (Wildman–Crippen MR) is 35.1 cm³/mol. The lowest BCUT2D eigenvalue weighted by atomic mass is 10.4. The summed E-state index contributed by atoms with van der Waals surface area (Å²) in [6.07, 6.45) is -0.0347. The average molecular weight is 156 g/mol. The van der Waals surface area contributed by atoms with Gasteiger partial charge in [0.2, 0.25) is 17.7 Å². The number of primary amides is 1. The van der Waals surface area contributed by atoms with E-state index in [4.69, 9.17) is 15.9 Å². The highest BCUT2D eigenvalue weighted by molar-refractivity contribution is 5.75. The molecule has 0 aromatic carbocycles. The predicted octanol–water partition coefficient (Wildman–Crippen LogP) is -1.44. The summed E-state index contributed by atoms with van der Waals surface area (Å²) < 4.78 is 4.90. The first-order chi connectivity index (χ1) is 5.22. The maximum absolute atomic E-state index is 10.3. The van der Waals surface area contributed by atoms with Crippen LogP contribution < -0.4 is 11.5 Å². The number of amides is 1. The maximum atomic E-state index is 10.3. The molecule has 0 aliphatic carbocycles. The van der Waals surface area contributed by atoms with Crippen molar-refractivity contribution in [2.45, 2.75) is 13.0 Å². The van der Waals surface area contributed by atoms with Crippen molar-refractivity contribution in [3.63, 3.8) is 0 Å². The number of nitrogens with two attached hydrogens (primary N) is 2. The molecule has 1 heterocycles. The Balaban J connectivity index is 2.65. The van der Waals surface area contributed by atoms with Gasteiger partial charge in [-0.05, 0) is 0 Å². The molecule has 1 aromatic heterocycles. The zero-order valence-electron chi connectivity index (χ0n) is 5.78. The summed E-state index contributed by atoms with van der Waals surface area (Å²) >= 11 is 0. The number of carbonyl (C=O) groups is 1. The van der Waals surface area contributed by atoms with Crippen LogP contribution in [0.1, 0.15) is 11.8 Å².